The third-order valence-electron chi connectivity index (χ3n) is 5.59. The second kappa shape index (κ2) is 8.08. The SMILES string of the molecule is Cc1ccc(C(=O)c2oc3ccccc3c2NC(=O)c2nn(C)c3ccc(F)cc3c2=O)cc1. The van der Waals surface area contributed by atoms with Crippen LogP contribution in [0, 0.1) is 12.7 Å². The number of benzene rings is 3. The summed E-state index contributed by atoms with van der Waals surface area (Å²) in [5, 5.41) is 7.24. The molecular weight excluding hydrogens is 437 g/mol. The largest absolute Gasteiger partial charge is 0.450 e. The highest BCUT2D eigenvalue weighted by Crippen LogP contribution is 2.32. The van der Waals surface area contributed by atoms with Gasteiger partial charge in [0, 0.05) is 18.0 Å². The molecule has 3 aromatic carbocycles. The number of carbonyl (C=O) groups excluding carboxylic acids is 2. The molecule has 2 heterocycles. The summed E-state index contributed by atoms with van der Waals surface area (Å²) in [6.07, 6.45) is 0. The lowest BCUT2D eigenvalue weighted by Crippen LogP contribution is -2.27. The molecule has 0 atom stereocenters. The van der Waals surface area contributed by atoms with E-state index in [4.69, 9.17) is 4.42 Å². The molecule has 2 aromatic heterocycles. The zero-order chi connectivity index (χ0) is 24.0. The van der Waals surface area contributed by atoms with Gasteiger partial charge in [0.25, 0.3) is 5.91 Å². The summed E-state index contributed by atoms with van der Waals surface area (Å²) in [6, 6.07) is 17.5. The molecule has 0 unspecified atom stereocenters. The fourth-order valence-corrected chi connectivity index (χ4v) is 3.84. The van der Waals surface area contributed by atoms with Crippen LogP contribution in [0.5, 0.6) is 0 Å². The van der Waals surface area contributed by atoms with Crippen LogP contribution >= 0.6 is 0 Å². The summed E-state index contributed by atoms with van der Waals surface area (Å²) in [5.41, 5.74) is 1.14. The number of nitrogens with zero attached hydrogens (tertiary/aromatic N) is 2. The Morgan fingerprint density at radius 2 is 1.74 bits per heavy atom. The predicted octanol–water partition coefficient (Wildman–Crippen LogP) is 4.61. The van der Waals surface area contributed by atoms with Crippen LogP contribution in [-0.2, 0) is 7.05 Å². The summed E-state index contributed by atoms with van der Waals surface area (Å²) >= 11 is 0. The first-order chi connectivity index (χ1) is 16.3. The van der Waals surface area contributed by atoms with E-state index in [-0.39, 0.29) is 16.8 Å². The van der Waals surface area contributed by atoms with Crippen LogP contribution in [0.15, 0.2) is 75.9 Å². The van der Waals surface area contributed by atoms with E-state index in [9.17, 15) is 18.8 Å². The predicted molar refractivity (Wildman–Crippen MR) is 126 cm³/mol. The lowest BCUT2D eigenvalue weighted by atomic mass is 10.1. The number of nitrogens with one attached hydrogen (secondary N) is 1. The molecule has 0 bridgehead atoms. The van der Waals surface area contributed by atoms with Gasteiger partial charge in [-0.15, -0.1) is 0 Å². The Morgan fingerprint density at radius 1 is 1.00 bits per heavy atom. The molecule has 168 valence electrons. The summed E-state index contributed by atoms with van der Waals surface area (Å²) in [6.45, 7) is 1.91. The minimum atomic E-state index is -0.837. The molecule has 0 radical (unpaired) electrons. The zero-order valence-electron chi connectivity index (χ0n) is 18.3. The second-order valence-electron chi connectivity index (χ2n) is 7.91. The minimum absolute atomic E-state index is 0.0238. The van der Waals surface area contributed by atoms with Crippen molar-refractivity contribution in [3.05, 3.63) is 105 Å². The number of hydrogen-bond acceptors (Lipinski definition) is 5. The Hall–Kier alpha value is -4.59. The third-order valence-corrected chi connectivity index (χ3v) is 5.59. The lowest BCUT2D eigenvalue weighted by Gasteiger charge is -2.09. The normalized spacial score (nSPS) is 11.1. The highest BCUT2D eigenvalue weighted by molar-refractivity contribution is 6.18. The smallest absolute Gasteiger partial charge is 0.280 e. The molecule has 1 amide bonds. The summed E-state index contributed by atoms with van der Waals surface area (Å²) in [4.78, 5) is 39.4. The van der Waals surface area contributed by atoms with Gasteiger partial charge in [-0.1, -0.05) is 42.0 Å². The van der Waals surface area contributed by atoms with Crippen LogP contribution in [0.25, 0.3) is 21.9 Å². The molecule has 0 aliphatic heterocycles. The Bertz CT molecular complexity index is 1670. The molecular formula is C26H18FN3O4. The maximum absolute atomic E-state index is 13.8. The topological polar surface area (TPSA) is 94.2 Å². The van der Waals surface area contributed by atoms with E-state index in [1.807, 2.05) is 6.92 Å². The van der Waals surface area contributed by atoms with Crippen molar-refractivity contribution in [2.75, 3.05) is 5.32 Å². The van der Waals surface area contributed by atoms with Crippen LogP contribution in [0.3, 0.4) is 0 Å². The van der Waals surface area contributed by atoms with E-state index in [1.165, 1.54) is 16.8 Å². The molecule has 5 rings (SSSR count). The van der Waals surface area contributed by atoms with Gasteiger partial charge in [0.05, 0.1) is 16.6 Å². The Kier molecular flexibility index (Phi) is 5.05. The number of furan rings is 1. The van der Waals surface area contributed by atoms with E-state index < -0.39 is 28.6 Å². The maximum Gasteiger partial charge on any atom is 0.280 e. The molecule has 0 saturated heterocycles. The van der Waals surface area contributed by atoms with Crippen molar-refractivity contribution in [3.63, 3.8) is 0 Å². The number of hydrogen-bond donors (Lipinski definition) is 1. The average Bonchev–Trinajstić information content (AvgIpc) is 3.19. The quantitative estimate of drug-likeness (QED) is 0.400. The van der Waals surface area contributed by atoms with Gasteiger partial charge in [-0.3, -0.25) is 19.1 Å². The fraction of sp³-hybridized carbons (Fsp3) is 0.0769. The summed E-state index contributed by atoms with van der Waals surface area (Å²) < 4.78 is 20.9. The first kappa shape index (κ1) is 21.3. The number of fused-ring (bicyclic) bond motifs is 2. The van der Waals surface area contributed by atoms with E-state index >= 15 is 0 Å². The second-order valence-corrected chi connectivity index (χ2v) is 7.91. The molecule has 5 aromatic rings. The van der Waals surface area contributed by atoms with Crippen molar-refractivity contribution >= 4 is 39.2 Å². The summed E-state index contributed by atoms with van der Waals surface area (Å²) in [7, 11) is 1.55. The van der Waals surface area contributed by atoms with Gasteiger partial charge in [-0.25, -0.2) is 4.39 Å². The number of aromatic nitrogens is 2. The van der Waals surface area contributed by atoms with Crippen molar-refractivity contribution in [1.29, 1.82) is 0 Å². The number of amides is 1. The molecule has 0 aliphatic rings. The monoisotopic (exact) mass is 455 g/mol. The minimum Gasteiger partial charge on any atom is -0.450 e. The van der Waals surface area contributed by atoms with Crippen molar-refractivity contribution < 1.29 is 18.4 Å². The van der Waals surface area contributed by atoms with Gasteiger partial charge in [0.1, 0.15) is 11.4 Å². The fourth-order valence-electron chi connectivity index (χ4n) is 3.84. The summed E-state index contributed by atoms with van der Waals surface area (Å²) in [5.74, 6) is -1.93. The highest BCUT2D eigenvalue weighted by Gasteiger charge is 2.25. The molecule has 34 heavy (non-hydrogen) atoms. The lowest BCUT2D eigenvalue weighted by molar-refractivity contribution is 0.101. The molecule has 0 saturated carbocycles. The molecule has 7 nitrogen and oxygen atoms in total. The maximum atomic E-state index is 13.8. The van der Waals surface area contributed by atoms with E-state index in [1.54, 1.807) is 55.6 Å². The van der Waals surface area contributed by atoms with Crippen molar-refractivity contribution in [3.8, 4) is 0 Å². The standard InChI is InChI=1S/C26H18FN3O4/c1-14-7-9-15(10-8-14)23(31)25-21(17-5-3-4-6-20(17)34-25)28-26(33)22-24(32)18-13-16(27)11-12-19(18)30(2)29-22/h3-13H,1-2H3,(H,28,33). The first-order valence-corrected chi connectivity index (χ1v) is 10.4. The highest BCUT2D eigenvalue weighted by atomic mass is 19.1. The Balaban J connectivity index is 1.62. The molecule has 0 fully saturated rings. The number of carbonyl (C=O) groups is 2. The first-order valence-electron chi connectivity index (χ1n) is 10.4. The van der Waals surface area contributed by atoms with Crippen molar-refractivity contribution in [1.82, 2.24) is 9.78 Å². The molecule has 0 spiro atoms. The number of halogens is 1. The van der Waals surface area contributed by atoms with Crippen molar-refractivity contribution in [2.24, 2.45) is 7.05 Å². The van der Waals surface area contributed by atoms with E-state index in [0.29, 0.717) is 22.0 Å². The van der Waals surface area contributed by atoms with Gasteiger partial charge < -0.3 is 9.73 Å². The van der Waals surface area contributed by atoms with Crippen molar-refractivity contribution in [2.45, 2.75) is 6.92 Å². The van der Waals surface area contributed by atoms with Crippen LogP contribution < -0.4 is 10.7 Å². The van der Waals surface area contributed by atoms with E-state index in [0.717, 1.165) is 11.6 Å². The molecule has 8 heteroatoms. The third kappa shape index (κ3) is 3.55. The van der Waals surface area contributed by atoms with Crippen LogP contribution in [0.2, 0.25) is 0 Å². The number of aryl methyl sites for hydroxylation is 2. The zero-order valence-corrected chi connectivity index (χ0v) is 18.3. The molecule has 1 N–H and O–H groups in total. The van der Waals surface area contributed by atoms with Gasteiger partial charge in [0.15, 0.2) is 11.5 Å². The molecule has 0 aliphatic carbocycles. The number of para-hydroxylation sites is 1. The number of ketones is 1. The number of anilines is 1. The average molecular weight is 455 g/mol. The van der Waals surface area contributed by atoms with Gasteiger partial charge in [-0.05, 0) is 37.3 Å². The van der Waals surface area contributed by atoms with Gasteiger partial charge in [-0.2, -0.15) is 5.10 Å². The van der Waals surface area contributed by atoms with Crippen LogP contribution in [0.1, 0.15) is 32.2 Å². The van der Waals surface area contributed by atoms with Gasteiger partial charge in [0.2, 0.25) is 11.2 Å². The Labute approximate surface area is 192 Å². The van der Waals surface area contributed by atoms with Gasteiger partial charge >= 0.3 is 0 Å². The number of rotatable bonds is 4. The van der Waals surface area contributed by atoms with E-state index in [2.05, 4.69) is 10.4 Å². The Morgan fingerprint density at radius 3 is 2.50 bits per heavy atom. The van der Waals surface area contributed by atoms with Crippen LogP contribution in [-0.4, -0.2) is 21.5 Å². The van der Waals surface area contributed by atoms with Crippen LogP contribution in [0.4, 0.5) is 10.1 Å².